The Labute approximate surface area is 119 Å². The van der Waals surface area contributed by atoms with Gasteiger partial charge in [-0.05, 0) is 30.9 Å². The van der Waals surface area contributed by atoms with E-state index in [0.29, 0.717) is 12.1 Å². The molecule has 1 aromatic carbocycles. The van der Waals surface area contributed by atoms with Crippen LogP contribution in [0, 0.1) is 5.92 Å². The molecule has 0 heterocycles. The molecule has 1 aliphatic carbocycles. The fourth-order valence-electron chi connectivity index (χ4n) is 1.90. The summed E-state index contributed by atoms with van der Waals surface area (Å²) < 4.78 is 26.8. The van der Waals surface area contributed by atoms with Crippen molar-refractivity contribution >= 4 is 27.2 Å². The first-order valence-corrected chi connectivity index (χ1v) is 8.28. The Kier molecular flexibility index (Phi) is 4.54. The van der Waals surface area contributed by atoms with Crippen LogP contribution in [0.2, 0.25) is 0 Å². The Morgan fingerprint density at radius 3 is 2.79 bits per heavy atom. The van der Waals surface area contributed by atoms with Crippen molar-refractivity contribution in [2.24, 2.45) is 11.7 Å². The van der Waals surface area contributed by atoms with Crippen LogP contribution in [0.4, 0.5) is 0 Å². The molecule has 0 radical (unpaired) electrons. The van der Waals surface area contributed by atoms with Crippen molar-refractivity contribution in [2.75, 3.05) is 6.54 Å². The standard InChI is InChI=1S/C13H18N2O2S2/c14-13(18)11-4-1-5-12(9-11)19(16,17)15-8-2-3-10-6-7-10/h1,4-5,9-10,15H,2-3,6-8H2,(H2,14,18). The molecular formula is C13H18N2O2S2. The third kappa shape index (κ3) is 4.26. The first-order valence-electron chi connectivity index (χ1n) is 6.38. The predicted octanol–water partition coefficient (Wildman–Crippen LogP) is 1.79. The number of benzene rings is 1. The van der Waals surface area contributed by atoms with Gasteiger partial charge in [0.15, 0.2) is 0 Å². The molecule has 0 bridgehead atoms. The lowest BCUT2D eigenvalue weighted by Gasteiger charge is -2.07. The molecular weight excluding hydrogens is 280 g/mol. The first-order chi connectivity index (χ1) is 8.99. The van der Waals surface area contributed by atoms with Crippen LogP contribution in [-0.4, -0.2) is 20.0 Å². The van der Waals surface area contributed by atoms with Crippen LogP contribution in [-0.2, 0) is 10.0 Å². The Hall–Kier alpha value is -0.980. The average Bonchev–Trinajstić information content (AvgIpc) is 3.19. The van der Waals surface area contributed by atoms with E-state index in [1.54, 1.807) is 18.2 Å². The molecule has 0 saturated heterocycles. The molecule has 0 amide bonds. The first kappa shape index (κ1) is 14.4. The number of nitrogens with two attached hydrogens (primary N) is 1. The van der Waals surface area contributed by atoms with E-state index in [2.05, 4.69) is 4.72 Å². The van der Waals surface area contributed by atoms with Gasteiger partial charge in [-0.1, -0.05) is 37.2 Å². The van der Waals surface area contributed by atoms with Gasteiger partial charge in [0.1, 0.15) is 4.99 Å². The third-order valence-corrected chi connectivity index (χ3v) is 4.90. The van der Waals surface area contributed by atoms with E-state index in [1.807, 2.05) is 0 Å². The highest BCUT2D eigenvalue weighted by Crippen LogP contribution is 2.33. The van der Waals surface area contributed by atoms with Crippen LogP contribution >= 0.6 is 12.2 Å². The predicted molar refractivity (Wildman–Crippen MR) is 79.5 cm³/mol. The molecule has 4 nitrogen and oxygen atoms in total. The molecule has 0 aliphatic heterocycles. The van der Waals surface area contributed by atoms with E-state index >= 15 is 0 Å². The molecule has 1 aromatic rings. The molecule has 104 valence electrons. The van der Waals surface area contributed by atoms with Crippen molar-refractivity contribution in [3.8, 4) is 0 Å². The topological polar surface area (TPSA) is 72.2 Å². The van der Waals surface area contributed by atoms with Gasteiger partial charge in [-0.2, -0.15) is 0 Å². The summed E-state index contributed by atoms with van der Waals surface area (Å²) in [6.45, 7) is 0.482. The third-order valence-electron chi connectivity index (χ3n) is 3.21. The maximum absolute atomic E-state index is 12.1. The number of rotatable bonds is 7. The van der Waals surface area contributed by atoms with Crippen molar-refractivity contribution in [3.05, 3.63) is 29.8 Å². The maximum atomic E-state index is 12.1. The molecule has 19 heavy (non-hydrogen) atoms. The van der Waals surface area contributed by atoms with E-state index in [1.165, 1.54) is 18.9 Å². The van der Waals surface area contributed by atoms with Crippen LogP contribution < -0.4 is 10.5 Å². The van der Waals surface area contributed by atoms with E-state index in [4.69, 9.17) is 18.0 Å². The van der Waals surface area contributed by atoms with Gasteiger partial charge in [0.25, 0.3) is 0 Å². The van der Waals surface area contributed by atoms with Gasteiger partial charge in [0, 0.05) is 12.1 Å². The number of hydrogen-bond acceptors (Lipinski definition) is 3. The van der Waals surface area contributed by atoms with Gasteiger partial charge < -0.3 is 5.73 Å². The highest BCUT2D eigenvalue weighted by molar-refractivity contribution is 7.89. The van der Waals surface area contributed by atoms with Gasteiger partial charge in [-0.25, -0.2) is 13.1 Å². The number of sulfonamides is 1. The second kappa shape index (κ2) is 5.98. The molecule has 1 aliphatic rings. The summed E-state index contributed by atoms with van der Waals surface area (Å²) >= 11 is 4.85. The lowest BCUT2D eigenvalue weighted by molar-refractivity contribution is 0.572. The summed E-state index contributed by atoms with van der Waals surface area (Å²) in [6, 6.07) is 6.40. The fourth-order valence-corrected chi connectivity index (χ4v) is 3.15. The van der Waals surface area contributed by atoms with Crippen molar-refractivity contribution in [1.82, 2.24) is 4.72 Å². The minimum absolute atomic E-state index is 0.200. The summed E-state index contributed by atoms with van der Waals surface area (Å²) in [5, 5.41) is 0. The molecule has 0 atom stereocenters. The summed E-state index contributed by atoms with van der Waals surface area (Å²) in [7, 11) is -3.46. The minimum atomic E-state index is -3.46. The monoisotopic (exact) mass is 298 g/mol. The van der Waals surface area contributed by atoms with Crippen molar-refractivity contribution < 1.29 is 8.42 Å². The molecule has 0 aromatic heterocycles. The fraction of sp³-hybridized carbons (Fsp3) is 0.462. The zero-order chi connectivity index (χ0) is 13.9. The van der Waals surface area contributed by atoms with E-state index in [-0.39, 0.29) is 9.88 Å². The smallest absolute Gasteiger partial charge is 0.240 e. The van der Waals surface area contributed by atoms with Crippen LogP contribution in [0.15, 0.2) is 29.2 Å². The summed E-state index contributed by atoms with van der Waals surface area (Å²) in [5.41, 5.74) is 6.07. The van der Waals surface area contributed by atoms with E-state index in [9.17, 15) is 8.42 Å². The van der Waals surface area contributed by atoms with Gasteiger partial charge in [-0.15, -0.1) is 0 Å². The van der Waals surface area contributed by atoms with Crippen molar-refractivity contribution in [3.63, 3.8) is 0 Å². The number of nitrogens with one attached hydrogen (secondary N) is 1. The van der Waals surface area contributed by atoms with Gasteiger partial charge in [0.05, 0.1) is 4.90 Å². The maximum Gasteiger partial charge on any atom is 0.240 e. The molecule has 1 saturated carbocycles. The lowest BCUT2D eigenvalue weighted by atomic mass is 10.2. The van der Waals surface area contributed by atoms with Gasteiger partial charge in [0.2, 0.25) is 10.0 Å². The Morgan fingerprint density at radius 2 is 2.16 bits per heavy atom. The highest BCUT2D eigenvalue weighted by atomic mass is 32.2. The molecule has 2 rings (SSSR count). The van der Waals surface area contributed by atoms with Gasteiger partial charge >= 0.3 is 0 Å². The summed E-state index contributed by atoms with van der Waals surface area (Å²) in [5.74, 6) is 0.822. The number of hydrogen-bond donors (Lipinski definition) is 2. The van der Waals surface area contributed by atoms with E-state index in [0.717, 1.165) is 18.8 Å². The zero-order valence-electron chi connectivity index (χ0n) is 10.6. The second-order valence-electron chi connectivity index (χ2n) is 4.88. The quantitative estimate of drug-likeness (QED) is 0.594. The van der Waals surface area contributed by atoms with Gasteiger partial charge in [-0.3, -0.25) is 0 Å². The molecule has 6 heteroatoms. The Balaban J connectivity index is 1.97. The van der Waals surface area contributed by atoms with Crippen molar-refractivity contribution in [1.29, 1.82) is 0 Å². The molecule has 0 unspecified atom stereocenters. The summed E-state index contributed by atoms with van der Waals surface area (Å²) in [4.78, 5) is 0.412. The summed E-state index contributed by atoms with van der Waals surface area (Å²) in [6.07, 6.45) is 4.58. The average molecular weight is 298 g/mol. The van der Waals surface area contributed by atoms with Crippen LogP contribution in [0.25, 0.3) is 0 Å². The van der Waals surface area contributed by atoms with Crippen LogP contribution in [0.1, 0.15) is 31.2 Å². The second-order valence-corrected chi connectivity index (χ2v) is 7.08. The number of thiocarbonyl (C=S) groups is 1. The molecule has 0 spiro atoms. The van der Waals surface area contributed by atoms with Crippen LogP contribution in [0.5, 0.6) is 0 Å². The minimum Gasteiger partial charge on any atom is -0.389 e. The molecule has 1 fully saturated rings. The highest BCUT2D eigenvalue weighted by Gasteiger charge is 2.21. The normalized spacial score (nSPS) is 15.4. The lowest BCUT2D eigenvalue weighted by Crippen LogP contribution is -2.25. The zero-order valence-corrected chi connectivity index (χ0v) is 12.3. The molecule has 3 N–H and O–H groups in total. The Bertz CT molecular complexity index is 566. The van der Waals surface area contributed by atoms with E-state index < -0.39 is 10.0 Å². The van der Waals surface area contributed by atoms with Crippen LogP contribution in [0.3, 0.4) is 0 Å². The SMILES string of the molecule is NC(=S)c1cccc(S(=O)(=O)NCCCC2CC2)c1. The van der Waals surface area contributed by atoms with Crippen molar-refractivity contribution in [2.45, 2.75) is 30.6 Å². The largest absolute Gasteiger partial charge is 0.389 e. The Morgan fingerprint density at radius 1 is 1.42 bits per heavy atom.